The highest BCUT2D eigenvalue weighted by Gasteiger charge is 2.01. The van der Waals surface area contributed by atoms with Crippen molar-refractivity contribution in [2.45, 2.75) is 18.7 Å². The lowest BCUT2D eigenvalue weighted by Crippen LogP contribution is -1.94. The number of hydrogen-bond acceptors (Lipinski definition) is 2. The van der Waals surface area contributed by atoms with E-state index in [2.05, 4.69) is 0 Å². The van der Waals surface area contributed by atoms with Gasteiger partial charge in [-0.2, -0.15) is 0 Å². The zero-order valence-corrected chi connectivity index (χ0v) is 9.02. The van der Waals surface area contributed by atoms with Crippen molar-refractivity contribution in [1.82, 2.24) is 0 Å². The normalized spacial score (nSPS) is 8.54. The third kappa shape index (κ3) is 4.20. The van der Waals surface area contributed by atoms with Gasteiger partial charge in [0.15, 0.2) is 0 Å². The maximum Gasteiger partial charge on any atom is 0.335 e. The van der Waals surface area contributed by atoms with Gasteiger partial charge >= 0.3 is 5.97 Å². The van der Waals surface area contributed by atoms with Crippen molar-refractivity contribution in [2.75, 3.05) is 0 Å². The average Bonchev–Trinajstić information content (AvgIpc) is 2.21. The second-order valence-electron chi connectivity index (χ2n) is 1.91. The second kappa shape index (κ2) is 6.80. The molecule has 0 heterocycles. The Bertz CT molecular complexity index is 276. The smallest absolute Gasteiger partial charge is 0.335 e. The summed E-state index contributed by atoms with van der Waals surface area (Å²) in [6, 6.07) is 6.47. The highest BCUT2D eigenvalue weighted by atomic mass is 35.7. The van der Waals surface area contributed by atoms with E-state index in [1.54, 1.807) is 12.1 Å². The van der Waals surface area contributed by atoms with Crippen molar-refractivity contribution >= 4 is 27.6 Å². The lowest BCUT2D eigenvalue weighted by atomic mass is 10.2. The maximum atomic E-state index is 10.4. The van der Waals surface area contributed by atoms with Crippen LogP contribution in [0.3, 0.4) is 0 Å². The van der Waals surface area contributed by atoms with Crippen LogP contribution in [0, 0.1) is 0 Å². The van der Waals surface area contributed by atoms with Crippen molar-refractivity contribution in [3.05, 3.63) is 29.8 Å². The Balaban J connectivity index is 0.000000671. The van der Waals surface area contributed by atoms with Crippen LogP contribution in [0.5, 0.6) is 0 Å². The Morgan fingerprint density at radius 1 is 1.46 bits per heavy atom. The van der Waals surface area contributed by atoms with E-state index in [9.17, 15) is 4.79 Å². The molecule has 13 heavy (non-hydrogen) atoms. The number of carbonyl (C=O) groups is 1. The van der Waals surface area contributed by atoms with Gasteiger partial charge in [-0.3, -0.25) is 0 Å². The first-order chi connectivity index (χ1) is 6.24. The molecule has 1 aromatic rings. The topological polar surface area (TPSA) is 37.3 Å². The van der Waals surface area contributed by atoms with E-state index in [1.165, 1.54) is 12.1 Å². The standard InChI is InChI=1S/C7H5ClO2S.C2H6/c8-11-6-3-1-2-5(4-6)7(9)10;1-2/h1-4H,(H,9,10);1-2H3. The molecule has 0 aliphatic heterocycles. The van der Waals surface area contributed by atoms with E-state index in [4.69, 9.17) is 15.8 Å². The van der Waals surface area contributed by atoms with Crippen LogP contribution in [0.25, 0.3) is 0 Å². The highest BCUT2D eigenvalue weighted by Crippen LogP contribution is 2.22. The molecule has 4 heteroatoms. The molecule has 1 aromatic carbocycles. The summed E-state index contributed by atoms with van der Waals surface area (Å²) in [5, 5.41) is 8.55. The Labute approximate surface area is 86.4 Å². The minimum Gasteiger partial charge on any atom is -0.478 e. The molecule has 2 nitrogen and oxygen atoms in total. The molecule has 1 N–H and O–H groups in total. The summed E-state index contributed by atoms with van der Waals surface area (Å²) in [7, 11) is 6.44. The van der Waals surface area contributed by atoms with E-state index < -0.39 is 5.97 Å². The quantitative estimate of drug-likeness (QED) is 0.823. The predicted molar refractivity (Wildman–Crippen MR) is 56.5 cm³/mol. The van der Waals surface area contributed by atoms with Crippen LogP contribution in [0.2, 0.25) is 0 Å². The van der Waals surface area contributed by atoms with E-state index in [1.807, 2.05) is 13.8 Å². The van der Waals surface area contributed by atoms with Crippen LogP contribution in [-0.2, 0) is 0 Å². The minimum atomic E-state index is -0.933. The van der Waals surface area contributed by atoms with Gasteiger partial charge < -0.3 is 5.11 Å². The Kier molecular flexibility index (Phi) is 6.45. The fourth-order valence-electron chi connectivity index (χ4n) is 0.677. The second-order valence-corrected chi connectivity index (χ2v) is 3.00. The van der Waals surface area contributed by atoms with E-state index >= 15 is 0 Å². The molecule has 1 rings (SSSR count). The fourth-order valence-corrected chi connectivity index (χ4v) is 1.27. The Hall–Kier alpha value is -0.670. The van der Waals surface area contributed by atoms with Gasteiger partial charge in [-0.1, -0.05) is 19.9 Å². The zero-order valence-electron chi connectivity index (χ0n) is 7.45. The number of carboxylic acid groups (broad SMARTS) is 1. The van der Waals surface area contributed by atoms with Crippen LogP contribution in [0.1, 0.15) is 24.2 Å². The Morgan fingerprint density at radius 3 is 2.54 bits per heavy atom. The van der Waals surface area contributed by atoms with Crippen LogP contribution >= 0.6 is 21.7 Å². The largest absolute Gasteiger partial charge is 0.478 e. The summed E-state index contributed by atoms with van der Waals surface area (Å²) in [5.41, 5.74) is 0.260. The molecule has 0 atom stereocenters. The van der Waals surface area contributed by atoms with Gasteiger partial charge in [-0.05, 0) is 39.9 Å². The van der Waals surface area contributed by atoms with Crippen molar-refractivity contribution in [3.8, 4) is 0 Å². The molecule has 0 saturated heterocycles. The molecule has 0 spiro atoms. The lowest BCUT2D eigenvalue weighted by Gasteiger charge is -1.95. The van der Waals surface area contributed by atoms with Crippen molar-refractivity contribution in [1.29, 1.82) is 0 Å². The van der Waals surface area contributed by atoms with Crippen LogP contribution in [0.4, 0.5) is 0 Å². The molecule has 0 aromatic heterocycles. The number of rotatable bonds is 2. The van der Waals surface area contributed by atoms with Crippen LogP contribution in [0.15, 0.2) is 29.2 Å². The zero-order chi connectivity index (χ0) is 10.3. The molecule has 0 fully saturated rings. The van der Waals surface area contributed by atoms with Gasteiger partial charge in [-0.25, -0.2) is 4.79 Å². The SMILES string of the molecule is CC.O=C(O)c1cccc(SCl)c1. The molecule has 0 aliphatic rings. The molecule has 0 amide bonds. The first kappa shape index (κ1) is 12.3. The monoisotopic (exact) mass is 218 g/mol. The Morgan fingerprint density at radius 2 is 2.08 bits per heavy atom. The fraction of sp³-hybridized carbons (Fsp3) is 0.222. The van der Waals surface area contributed by atoms with Gasteiger partial charge in [0.2, 0.25) is 0 Å². The molecule has 0 unspecified atom stereocenters. The molecule has 0 saturated carbocycles. The van der Waals surface area contributed by atoms with E-state index in [0.29, 0.717) is 0 Å². The lowest BCUT2D eigenvalue weighted by molar-refractivity contribution is 0.0696. The van der Waals surface area contributed by atoms with Crippen molar-refractivity contribution < 1.29 is 9.90 Å². The molecule has 0 aliphatic carbocycles. The third-order valence-corrected chi connectivity index (χ3v) is 2.14. The number of carboxylic acids is 1. The van der Waals surface area contributed by atoms with Gasteiger partial charge in [-0.15, -0.1) is 0 Å². The van der Waals surface area contributed by atoms with Crippen LogP contribution in [-0.4, -0.2) is 11.1 Å². The van der Waals surface area contributed by atoms with Crippen molar-refractivity contribution in [3.63, 3.8) is 0 Å². The minimum absolute atomic E-state index is 0.260. The molecule has 0 radical (unpaired) electrons. The predicted octanol–water partition coefficient (Wildman–Crippen LogP) is 3.66. The van der Waals surface area contributed by atoms with Gasteiger partial charge in [0.1, 0.15) is 0 Å². The average molecular weight is 219 g/mol. The van der Waals surface area contributed by atoms with Gasteiger partial charge in [0.05, 0.1) is 5.56 Å². The summed E-state index contributed by atoms with van der Waals surface area (Å²) in [5.74, 6) is -0.933. The molecular weight excluding hydrogens is 208 g/mol. The third-order valence-electron chi connectivity index (χ3n) is 1.17. The molecular formula is C9H11ClO2S. The summed E-state index contributed by atoms with van der Waals surface area (Å²) >= 11 is 0. The number of hydrogen-bond donors (Lipinski definition) is 1. The maximum absolute atomic E-state index is 10.4. The summed E-state index contributed by atoms with van der Waals surface area (Å²) in [6.45, 7) is 4.00. The van der Waals surface area contributed by atoms with Crippen molar-refractivity contribution in [2.24, 2.45) is 0 Å². The summed E-state index contributed by atoms with van der Waals surface area (Å²) in [4.78, 5) is 11.2. The number of halogens is 1. The molecule has 0 bridgehead atoms. The van der Waals surface area contributed by atoms with E-state index in [-0.39, 0.29) is 5.56 Å². The highest BCUT2D eigenvalue weighted by molar-refractivity contribution is 8.21. The van der Waals surface area contributed by atoms with E-state index in [0.717, 1.165) is 15.9 Å². The number of benzene rings is 1. The van der Waals surface area contributed by atoms with Gasteiger partial charge in [0.25, 0.3) is 0 Å². The summed E-state index contributed by atoms with van der Waals surface area (Å²) in [6.07, 6.45) is 0. The number of aromatic carboxylic acids is 1. The molecule has 72 valence electrons. The summed E-state index contributed by atoms with van der Waals surface area (Å²) < 4.78 is 0. The first-order valence-corrected chi connectivity index (χ1v) is 5.50. The van der Waals surface area contributed by atoms with Crippen LogP contribution < -0.4 is 0 Å². The first-order valence-electron chi connectivity index (χ1n) is 3.86. The van der Waals surface area contributed by atoms with Gasteiger partial charge in [0, 0.05) is 4.90 Å².